The number of aromatic nitrogens is 1. The molecule has 1 unspecified atom stereocenters. The molecule has 0 bridgehead atoms. The summed E-state index contributed by atoms with van der Waals surface area (Å²) in [6, 6.07) is 6.75. The highest BCUT2D eigenvalue weighted by molar-refractivity contribution is 5.98. The number of ether oxygens (including phenoxy) is 3. The van der Waals surface area contributed by atoms with E-state index in [1.807, 2.05) is 5.32 Å². The van der Waals surface area contributed by atoms with E-state index in [0.717, 1.165) is 13.2 Å². The molecule has 2 heterocycles. The second kappa shape index (κ2) is 14.2. The van der Waals surface area contributed by atoms with Crippen LogP contribution in [0.2, 0.25) is 0 Å². The van der Waals surface area contributed by atoms with Gasteiger partial charge in [-0.2, -0.15) is 13.2 Å². The number of nitrogens with one attached hydrogen (secondary N) is 1. The van der Waals surface area contributed by atoms with Gasteiger partial charge in [0.25, 0.3) is 5.91 Å². The summed E-state index contributed by atoms with van der Waals surface area (Å²) in [6.07, 6.45) is -11.4. The summed E-state index contributed by atoms with van der Waals surface area (Å²) >= 11 is 0. The molecular formula is C31H32F7N3O6. The third-order valence-electron chi connectivity index (χ3n) is 7.63. The number of amides is 1. The van der Waals surface area contributed by atoms with Gasteiger partial charge in [0, 0.05) is 24.7 Å². The van der Waals surface area contributed by atoms with Crippen LogP contribution in [0.1, 0.15) is 54.0 Å². The molecule has 1 aliphatic rings. The van der Waals surface area contributed by atoms with Gasteiger partial charge in [-0.15, -0.1) is 13.2 Å². The highest BCUT2D eigenvalue weighted by Crippen LogP contribution is 2.41. The van der Waals surface area contributed by atoms with E-state index in [1.54, 1.807) is 6.92 Å². The lowest BCUT2D eigenvalue weighted by atomic mass is 9.94. The highest BCUT2D eigenvalue weighted by Gasteiger charge is 2.38. The molecule has 1 N–H and O–H groups in total. The molecule has 0 aliphatic carbocycles. The zero-order valence-electron chi connectivity index (χ0n) is 25.6. The van der Waals surface area contributed by atoms with E-state index in [-0.39, 0.29) is 48.8 Å². The van der Waals surface area contributed by atoms with Crippen molar-refractivity contribution in [2.75, 3.05) is 31.7 Å². The number of rotatable bonds is 10. The van der Waals surface area contributed by atoms with E-state index in [0.29, 0.717) is 23.5 Å². The Bertz CT molecular complexity index is 1690. The van der Waals surface area contributed by atoms with Gasteiger partial charge in [0.05, 0.1) is 31.0 Å². The van der Waals surface area contributed by atoms with E-state index in [2.05, 4.69) is 4.74 Å². The lowest BCUT2D eigenvalue weighted by Gasteiger charge is -2.35. The van der Waals surface area contributed by atoms with Crippen molar-refractivity contribution in [1.82, 2.24) is 9.88 Å². The molecule has 0 radical (unpaired) electrons. The first-order chi connectivity index (χ1) is 22.0. The van der Waals surface area contributed by atoms with Gasteiger partial charge in [0.1, 0.15) is 17.9 Å². The largest absolute Gasteiger partial charge is 0.524 e. The van der Waals surface area contributed by atoms with Gasteiger partial charge in [0.15, 0.2) is 23.2 Å². The van der Waals surface area contributed by atoms with Gasteiger partial charge >= 0.3 is 18.5 Å². The van der Waals surface area contributed by atoms with Crippen LogP contribution in [0.25, 0.3) is 10.9 Å². The predicted molar refractivity (Wildman–Crippen MR) is 155 cm³/mol. The highest BCUT2D eigenvalue weighted by atomic mass is 19.4. The molecule has 3 aromatic rings. The van der Waals surface area contributed by atoms with Gasteiger partial charge < -0.3 is 24.3 Å². The molecule has 1 aromatic heterocycles. The maximum atomic E-state index is 15.7. The van der Waals surface area contributed by atoms with Crippen molar-refractivity contribution in [3.63, 3.8) is 0 Å². The Hall–Kier alpha value is -4.34. The fraction of sp³-hybridized carbons (Fsp3) is 0.452. The van der Waals surface area contributed by atoms with Gasteiger partial charge in [-0.1, -0.05) is 24.3 Å². The zero-order chi connectivity index (χ0) is 34.7. The van der Waals surface area contributed by atoms with Crippen LogP contribution in [-0.4, -0.2) is 55.8 Å². The number of carbonyl (C=O) groups is 2. The van der Waals surface area contributed by atoms with E-state index in [4.69, 9.17) is 9.47 Å². The molecular weight excluding hydrogens is 643 g/mol. The number of carbonyl (C=O) groups excluding carboxylic acids is 2. The number of fused-ring (bicyclic) bond motifs is 1. The molecule has 2 aromatic carbocycles. The van der Waals surface area contributed by atoms with Crippen LogP contribution >= 0.6 is 0 Å². The van der Waals surface area contributed by atoms with Crippen molar-refractivity contribution < 1.29 is 54.5 Å². The summed E-state index contributed by atoms with van der Waals surface area (Å²) in [5.41, 5.74) is -2.85. The van der Waals surface area contributed by atoms with E-state index < -0.39 is 70.8 Å². The Morgan fingerprint density at radius 3 is 2.43 bits per heavy atom. The Balaban J connectivity index is 1.88. The number of pyridine rings is 1. The lowest BCUT2D eigenvalue weighted by Crippen LogP contribution is -2.38. The van der Waals surface area contributed by atoms with Gasteiger partial charge in [-0.3, -0.25) is 19.1 Å². The maximum absolute atomic E-state index is 15.7. The summed E-state index contributed by atoms with van der Waals surface area (Å²) in [5.74, 6) is -3.79. The summed E-state index contributed by atoms with van der Waals surface area (Å²) in [4.78, 5) is 40.3. The Morgan fingerprint density at radius 2 is 1.81 bits per heavy atom. The predicted octanol–water partition coefficient (Wildman–Crippen LogP) is 6.15. The summed E-state index contributed by atoms with van der Waals surface area (Å²) in [6.45, 7) is 1.64. The Kier molecular flexibility index (Phi) is 10.7. The van der Waals surface area contributed by atoms with Crippen LogP contribution < -0.4 is 20.4 Å². The standard InChI is InChI=1S/C31H32F7N3O6/c1-4-46-24(43)12-18-9-7-11-40(15-18)26-21(32)13-20-23(42)14-22(41(16-30(33,34)35)25(20)27(26)45-3)28(44)39-29(47-31(36,37)38)19-10-6-5-8-17(19)2/h5-6,8,10,13-14,18,29H,4,7,9,11-12,15-16H2,1-3H3,(H,39,44)/t18-,29?/m1/s1. The van der Waals surface area contributed by atoms with Crippen molar-refractivity contribution in [3.05, 3.63) is 69.3 Å². The van der Waals surface area contributed by atoms with Crippen LogP contribution in [-0.2, 0) is 20.8 Å². The smallest absolute Gasteiger partial charge is 0.492 e. The first kappa shape index (κ1) is 35.5. The van der Waals surface area contributed by atoms with Crippen LogP contribution in [0.15, 0.2) is 41.2 Å². The van der Waals surface area contributed by atoms with Crippen LogP contribution in [0.5, 0.6) is 5.75 Å². The van der Waals surface area contributed by atoms with Gasteiger partial charge in [-0.05, 0) is 44.2 Å². The van der Waals surface area contributed by atoms with Gasteiger partial charge in [0.2, 0.25) is 0 Å². The first-order valence-corrected chi connectivity index (χ1v) is 14.5. The van der Waals surface area contributed by atoms with Gasteiger partial charge in [-0.25, -0.2) is 4.39 Å². The summed E-state index contributed by atoms with van der Waals surface area (Å²) < 4.78 is 113. The second-order valence-corrected chi connectivity index (χ2v) is 11.0. The molecule has 47 heavy (non-hydrogen) atoms. The number of hydrogen-bond donors (Lipinski definition) is 1. The molecule has 1 aliphatic heterocycles. The van der Waals surface area contributed by atoms with Crippen molar-refractivity contribution in [1.29, 1.82) is 0 Å². The normalized spacial score (nSPS) is 16.2. The zero-order valence-corrected chi connectivity index (χ0v) is 25.6. The Morgan fingerprint density at radius 1 is 1.11 bits per heavy atom. The topological polar surface area (TPSA) is 99.1 Å². The number of hydrogen-bond acceptors (Lipinski definition) is 7. The molecule has 256 valence electrons. The quantitative estimate of drug-likeness (QED) is 0.156. The molecule has 9 nitrogen and oxygen atoms in total. The molecule has 0 spiro atoms. The minimum atomic E-state index is -5.27. The average Bonchev–Trinajstić information content (AvgIpc) is 2.96. The molecule has 4 rings (SSSR count). The number of methoxy groups -OCH3 is 1. The molecule has 2 atom stereocenters. The van der Waals surface area contributed by atoms with Crippen molar-refractivity contribution in [2.24, 2.45) is 5.92 Å². The Labute approximate surface area is 264 Å². The van der Waals surface area contributed by atoms with E-state index in [9.17, 15) is 40.7 Å². The van der Waals surface area contributed by atoms with Crippen molar-refractivity contribution in [3.8, 4) is 5.75 Å². The summed E-state index contributed by atoms with van der Waals surface area (Å²) in [5, 5.41) is 1.38. The molecule has 1 fully saturated rings. The molecule has 16 heteroatoms. The van der Waals surface area contributed by atoms with E-state index >= 15 is 4.39 Å². The molecule has 1 amide bonds. The van der Waals surface area contributed by atoms with Crippen LogP contribution in [0.4, 0.5) is 36.4 Å². The first-order valence-electron chi connectivity index (χ1n) is 14.5. The third kappa shape index (κ3) is 8.53. The lowest BCUT2D eigenvalue weighted by molar-refractivity contribution is -0.347. The van der Waals surface area contributed by atoms with Crippen molar-refractivity contribution >= 4 is 28.5 Å². The second-order valence-electron chi connectivity index (χ2n) is 11.0. The maximum Gasteiger partial charge on any atom is 0.524 e. The minimum absolute atomic E-state index is 0.00695. The van der Waals surface area contributed by atoms with Crippen LogP contribution in [0, 0.1) is 18.7 Å². The number of anilines is 1. The minimum Gasteiger partial charge on any atom is -0.492 e. The SMILES string of the molecule is CCOC(=O)C[C@H]1CCCN(c2c(F)cc3c(=O)cc(C(=O)NC(OC(F)(F)F)c4ccccc4C)n(CC(F)(F)F)c3c2OC)C1. The molecule has 0 saturated carbocycles. The number of esters is 1. The number of alkyl halides is 6. The molecule has 1 saturated heterocycles. The average molecular weight is 676 g/mol. The number of nitrogens with zero attached hydrogens (tertiary/aromatic N) is 2. The number of halogens is 7. The fourth-order valence-electron chi connectivity index (χ4n) is 5.75. The monoisotopic (exact) mass is 675 g/mol. The fourth-order valence-corrected chi connectivity index (χ4v) is 5.75. The third-order valence-corrected chi connectivity index (χ3v) is 7.63. The van der Waals surface area contributed by atoms with Crippen LogP contribution in [0.3, 0.4) is 0 Å². The number of aryl methyl sites for hydroxylation is 1. The van der Waals surface area contributed by atoms with Crippen molar-refractivity contribution in [2.45, 2.75) is 58.4 Å². The number of benzene rings is 2. The van der Waals surface area contributed by atoms with E-state index in [1.165, 1.54) is 36.1 Å². The number of piperidine rings is 1. The summed E-state index contributed by atoms with van der Waals surface area (Å²) in [7, 11) is 1.04.